The lowest BCUT2D eigenvalue weighted by Crippen LogP contribution is -2.27. The van der Waals surface area contributed by atoms with Gasteiger partial charge >= 0.3 is 0 Å². The van der Waals surface area contributed by atoms with Gasteiger partial charge in [-0.25, -0.2) is 0 Å². The van der Waals surface area contributed by atoms with Gasteiger partial charge < -0.3 is 15.5 Å². The zero-order valence-electron chi connectivity index (χ0n) is 17.4. The van der Waals surface area contributed by atoms with Gasteiger partial charge in [0.15, 0.2) is 0 Å². The number of amides is 1. The van der Waals surface area contributed by atoms with Gasteiger partial charge in [-0.05, 0) is 56.8 Å². The van der Waals surface area contributed by atoms with E-state index in [0.717, 1.165) is 47.4 Å². The van der Waals surface area contributed by atoms with E-state index in [1.165, 1.54) is 0 Å². The number of carbonyl (C=O) groups is 1. The summed E-state index contributed by atoms with van der Waals surface area (Å²) in [5.41, 5.74) is 4.33. The maximum Gasteiger partial charge on any atom is 0.254 e. The van der Waals surface area contributed by atoms with E-state index in [9.17, 15) is 4.79 Å². The maximum atomic E-state index is 12.9. The van der Waals surface area contributed by atoms with Gasteiger partial charge in [-0.2, -0.15) is 0 Å². The van der Waals surface area contributed by atoms with Crippen LogP contribution in [0.4, 0.5) is 5.69 Å². The van der Waals surface area contributed by atoms with Crippen LogP contribution in [0.5, 0.6) is 0 Å². The number of benzene rings is 2. The van der Waals surface area contributed by atoms with Crippen LogP contribution in [0.15, 0.2) is 42.5 Å². The molecule has 1 aromatic heterocycles. The Hall–Kier alpha value is -2.34. The number of rotatable bonds is 8. The highest BCUT2D eigenvalue weighted by Gasteiger charge is 2.18. The molecule has 158 valence electrons. The summed E-state index contributed by atoms with van der Waals surface area (Å²) >= 11 is 12.1. The first-order valence-electron chi connectivity index (χ1n) is 9.89. The standard InChI is InChI=1S/C23H26Cl2N4O/c1-15-21(14-29(3)23(30)16-11-17(24)13-18(25)12-16)28-20-8-5-4-7-19(20)22(15)27-10-6-9-26-2/h4-5,7-8,11-13,26H,6,9-10,14H2,1-3H3,(H,27,28). The molecule has 0 bridgehead atoms. The minimum Gasteiger partial charge on any atom is -0.384 e. The van der Waals surface area contributed by atoms with Crippen LogP contribution in [0.1, 0.15) is 28.0 Å². The first-order valence-corrected chi connectivity index (χ1v) is 10.6. The summed E-state index contributed by atoms with van der Waals surface area (Å²) in [7, 11) is 3.71. The molecule has 0 saturated heterocycles. The lowest BCUT2D eigenvalue weighted by atomic mass is 10.1. The van der Waals surface area contributed by atoms with Gasteiger partial charge in [0.25, 0.3) is 5.91 Å². The number of nitrogens with zero attached hydrogens (tertiary/aromatic N) is 2. The summed E-state index contributed by atoms with van der Waals surface area (Å²) in [4.78, 5) is 19.4. The van der Waals surface area contributed by atoms with Crippen molar-refractivity contribution in [3.63, 3.8) is 0 Å². The maximum absolute atomic E-state index is 12.9. The lowest BCUT2D eigenvalue weighted by Gasteiger charge is -2.21. The van der Waals surface area contributed by atoms with Gasteiger partial charge in [-0.1, -0.05) is 41.4 Å². The van der Waals surface area contributed by atoms with Gasteiger partial charge in [0.1, 0.15) is 0 Å². The molecule has 2 N–H and O–H groups in total. The van der Waals surface area contributed by atoms with Crippen molar-refractivity contribution in [3.8, 4) is 0 Å². The number of anilines is 1. The Bertz CT molecular complexity index is 1030. The van der Waals surface area contributed by atoms with Crippen molar-refractivity contribution in [2.24, 2.45) is 0 Å². The van der Waals surface area contributed by atoms with Crippen molar-refractivity contribution in [1.29, 1.82) is 0 Å². The van der Waals surface area contributed by atoms with Crippen LogP contribution >= 0.6 is 23.2 Å². The zero-order valence-corrected chi connectivity index (χ0v) is 18.9. The van der Waals surface area contributed by atoms with E-state index in [4.69, 9.17) is 28.2 Å². The number of carbonyl (C=O) groups excluding carboxylic acids is 1. The average molecular weight is 445 g/mol. The fraction of sp³-hybridized carbons (Fsp3) is 0.304. The third-order valence-corrected chi connectivity index (χ3v) is 5.42. The Balaban J connectivity index is 1.89. The Labute approximate surface area is 187 Å². The number of aromatic nitrogens is 1. The number of fused-ring (bicyclic) bond motifs is 1. The van der Waals surface area contributed by atoms with Crippen LogP contribution in [0.3, 0.4) is 0 Å². The van der Waals surface area contributed by atoms with Crippen LogP contribution in [-0.4, -0.2) is 43.0 Å². The molecule has 1 heterocycles. The van der Waals surface area contributed by atoms with Crippen molar-refractivity contribution in [2.75, 3.05) is 32.5 Å². The van der Waals surface area contributed by atoms with Crippen LogP contribution in [0.2, 0.25) is 10.0 Å². The summed E-state index contributed by atoms with van der Waals surface area (Å²) in [6.07, 6.45) is 1.01. The average Bonchev–Trinajstić information content (AvgIpc) is 2.72. The predicted octanol–water partition coefficient (Wildman–Crippen LogP) is 5.14. The second kappa shape index (κ2) is 10.1. The second-order valence-electron chi connectivity index (χ2n) is 7.28. The smallest absolute Gasteiger partial charge is 0.254 e. The topological polar surface area (TPSA) is 57.3 Å². The van der Waals surface area contributed by atoms with E-state index in [1.54, 1.807) is 30.1 Å². The Morgan fingerprint density at radius 1 is 1.10 bits per heavy atom. The summed E-state index contributed by atoms with van der Waals surface area (Å²) in [5, 5.41) is 8.68. The molecule has 0 spiro atoms. The highest BCUT2D eigenvalue weighted by molar-refractivity contribution is 6.35. The molecule has 0 aliphatic rings. The molecule has 0 saturated carbocycles. The monoisotopic (exact) mass is 444 g/mol. The summed E-state index contributed by atoms with van der Waals surface area (Å²) in [6, 6.07) is 12.9. The Kier molecular flexibility index (Phi) is 7.53. The van der Waals surface area contributed by atoms with Crippen molar-refractivity contribution < 1.29 is 4.79 Å². The van der Waals surface area contributed by atoms with E-state index in [2.05, 4.69) is 16.7 Å². The van der Waals surface area contributed by atoms with E-state index >= 15 is 0 Å². The van der Waals surface area contributed by atoms with Crippen molar-refractivity contribution in [3.05, 3.63) is 69.3 Å². The van der Waals surface area contributed by atoms with Crippen LogP contribution in [0.25, 0.3) is 10.9 Å². The van der Waals surface area contributed by atoms with Crippen molar-refractivity contribution in [2.45, 2.75) is 19.9 Å². The highest BCUT2D eigenvalue weighted by Crippen LogP contribution is 2.29. The number of nitrogens with one attached hydrogen (secondary N) is 2. The molecule has 2 aromatic carbocycles. The summed E-state index contributed by atoms with van der Waals surface area (Å²) < 4.78 is 0. The first-order chi connectivity index (χ1) is 14.4. The van der Waals surface area contributed by atoms with Gasteiger partial charge in [-0.3, -0.25) is 9.78 Å². The fourth-order valence-corrected chi connectivity index (χ4v) is 3.94. The van der Waals surface area contributed by atoms with Crippen molar-refractivity contribution >= 4 is 45.7 Å². The molecule has 7 heteroatoms. The van der Waals surface area contributed by atoms with Gasteiger partial charge in [0.05, 0.1) is 17.8 Å². The number of para-hydroxylation sites is 1. The summed E-state index contributed by atoms with van der Waals surface area (Å²) in [5.74, 6) is -0.155. The van der Waals surface area contributed by atoms with E-state index in [-0.39, 0.29) is 5.91 Å². The summed E-state index contributed by atoms with van der Waals surface area (Å²) in [6.45, 7) is 4.22. The normalized spacial score (nSPS) is 11.0. The SMILES string of the molecule is CNCCCNc1c(C)c(CN(C)C(=O)c2cc(Cl)cc(Cl)c2)nc2ccccc12. The molecule has 0 atom stereocenters. The number of hydrogen-bond acceptors (Lipinski definition) is 4. The second-order valence-corrected chi connectivity index (χ2v) is 8.15. The number of pyridine rings is 1. The van der Waals surface area contributed by atoms with Gasteiger partial charge in [0, 0.05) is 40.3 Å². The minimum absolute atomic E-state index is 0.155. The van der Waals surface area contributed by atoms with Crippen molar-refractivity contribution in [1.82, 2.24) is 15.2 Å². The zero-order chi connectivity index (χ0) is 21.7. The molecule has 5 nitrogen and oxygen atoms in total. The van der Waals surface area contributed by atoms with Crippen LogP contribution in [0, 0.1) is 6.92 Å². The van der Waals surface area contributed by atoms with E-state index < -0.39 is 0 Å². The Morgan fingerprint density at radius 3 is 2.50 bits per heavy atom. The van der Waals surface area contributed by atoms with Crippen LogP contribution < -0.4 is 10.6 Å². The molecule has 0 radical (unpaired) electrons. The first kappa shape index (κ1) is 22.3. The minimum atomic E-state index is -0.155. The Morgan fingerprint density at radius 2 is 1.80 bits per heavy atom. The molecule has 0 aliphatic carbocycles. The fourth-order valence-electron chi connectivity index (χ4n) is 3.41. The van der Waals surface area contributed by atoms with Gasteiger partial charge in [-0.15, -0.1) is 0 Å². The molecule has 1 amide bonds. The quantitative estimate of drug-likeness (QED) is 0.472. The molecule has 0 unspecified atom stereocenters. The third kappa shape index (κ3) is 5.22. The largest absolute Gasteiger partial charge is 0.384 e. The third-order valence-electron chi connectivity index (χ3n) is 4.99. The molecule has 0 aliphatic heterocycles. The van der Waals surface area contributed by atoms with Gasteiger partial charge in [0.2, 0.25) is 0 Å². The molecular formula is C23H26Cl2N4O. The molecular weight excluding hydrogens is 419 g/mol. The highest BCUT2D eigenvalue weighted by atomic mass is 35.5. The molecule has 3 rings (SSSR count). The predicted molar refractivity (Wildman–Crippen MR) is 126 cm³/mol. The molecule has 3 aromatic rings. The molecule has 30 heavy (non-hydrogen) atoms. The van der Waals surface area contributed by atoms with E-state index in [0.29, 0.717) is 22.2 Å². The number of halogens is 2. The number of hydrogen-bond donors (Lipinski definition) is 2. The van der Waals surface area contributed by atoms with E-state index in [1.807, 2.05) is 32.2 Å². The lowest BCUT2D eigenvalue weighted by molar-refractivity contribution is 0.0783. The van der Waals surface area contributed by atoms with Crippen LogP contribution in [-0.2, 0) is 6.54 Å². The molecule has 0 fully saturated rings.